The first-order valence-corrected chi connectivity index (χ1v) is 7.11. The Bertz CT molecular complexity index is 602. The van der Waals surface area contributed by atoms with Crippen molar-refractivity contribution in [3.8, 4) is 0 Å². The van der Waals surface area contributed by atoms with E-state index < -0.39 is 0 Å². The Labute approximate surface area is 124 Å². The summed E-state index contributed by atoms with van der Waals surface area (Å²) in [6.45, 7) is 3.49. The second-order valence-electron chi connectivity index (χ2n) is 5.28. The largest absolute Gasteiger partial charge is 0.327 e. The zero-order valence-electron chi connectivity index (χ0n) is 11.9. The van der Waals surface area contributed by atoms with E-state index in [0.717, 1.165) is 12.1 Å². The molecule has 2 unspecified atom stereocenters. The molecule has 2 heterocycles. The van der Waals surface area contributed by atoms with Crippen LogP contribution in [0, 0.1) is 0 Å². The van der Waals surface area contributed by atoms with E-state index in [1.54, 1.807) is 12.4 Å². The number of aromatic nitrogens is 2. The molecule has 0 aliphatic carbocycles. The highest BCUT2D eigenvalue weighted by Gasteiger charge is 2.31. The standard InChI is InChI=1S/C16H18N4O/c1-12-11-20(16(21)14-9-17-7-8-18-14)15(10-19-12)13-5-3-2-4-6-13/h2-9,12,15,19H,10-11H2,1H3. The molecule has 1 aliphatic rings. The number of piperazine rings is 1. The maximum Gasteiger partial charge on any atom is 0.274 e. The molecule has 1 aromatic heterocycles. The Morgan fingerprint density at radius 2 is 2.10 bits per heavy atom. The third-order valence-electron chi connectivity index (χ3n) is 3.73. The molecule has 1 aliphatic heterocycles. The Morgan fingerprint density at radius 1 is 1.29 bits per heavy atom. The number of nitrogens with zero attached hydrogens (tertiary/aromatic N) is 3. The van der Waals surface area contributed by atoms with Crippen LogP contribution in [0.1, 0.15) is 29.0 Å². The summed E-state index contributed by atoms with van der Waals surface area (Å²) in [5.74, 6) is -0.0645. The van der Waals surface area contributed by atoms with Gasteiger partial charge in [-0.1, -0.05) is 30.3 Å². The lowest BCUT2D eigenvalue weighted by Crippen LogP contribution is -2.53. The van der Waals surface area contributed by atoms with Crippen LogP contribution in [0.25, 0.3) is 0 Å². The molecule has 0 spiro atoms. The fourth-order valence-electron chi connectivity index (χ4n) is 2.66. The van der Waals surface area contributed by atoms with Crippen LogP contribution in [-0.4, -0.2) is 39.9 Å². The predicted molar refractivity (Wildman–Crippen MR) is 79.7 cm³/mol. The summed E-state index contributed by atoms with van der Waals surface area (Å²) in [5.41, 5.74) is 1.53. The maximum atomic E-state index is 12.7. The van der Waals surface area contributed by atoms with Gasteiger partial charge in [-0.2, -0.15) is 0 Å². The number of rotatable bonds is 2. The zero-order valence-corrected chi connectivity index (χ0v) is 11.9. The first-order valence-electron chi connectivity index (χ1n) is 7.11. The quantitative estimate of drug-likeness (QED) is 0.910. The van der Waals surface area contributed by atoms with Gasteiger partial charge in [0.2, 0.25) is 0 Å². The van der Waals surface area contributed by atoms with E-state index in [1.807, 2.05) is 23.1 Å². The molecule has 2 aromatic rings. The van der Waals surface area contributed by atoms with Crippen molar-refractivity contribution >= 4 is 5.91 Å². The van der Waals surface area contributed by atoms with Crippen molar-refractivity contribution in [3.05, 3.63) is 60.2 Å². The summed E-state index contributed by atoms with van der Waals surface area (Å²) in [5, 5.41) is 3.44. The van der Waals surface area contributed by atoms with Gasteiger partial charge in [0.25, 0.3) is 5.91 Å². The van der Waals surface area contributed by atoms with E-state index in [-0.39, 0.29) is 18.0 Å². The molecular weight excluding hydrogens is 264 g/mol. The van der Waals surface area contributed by atoms with Crippen molar-refractivity contribution < 1.29 is 4.79 Å². The van der Waals surface area contributed by atoms with E-state index in [0.29, 0.717) is 12.2 Å². The van der Waals surface area contributed by atoms with Crippen LogP contribution in [-0.2, 0) is 0 Å². The Kier molecular flexibility index (Phi) is 3.92. The summed E-state index contributed by atoms with van der Waals surface area (Å²) in [4.78, 5) is 22.7. The van der Waals surface area contributed by atoms with E-state index in [1.165, 1.54) is 6.20 Å². The van der Waals surface area contributed by atoms with Crippen LogP contribution in [0.3, 0.4) is 0 Å². The number of carbonyl (C=O) groups is 1. The summed E-state index contributed by atoms with van der Waals surface area (Å²) in [7, 11) is 0. The van der Waals surface area contributed by atoms with Gasteiger partial charge in [-0.3, -0.25) is 9.78 Å². The molecule has 1 N–H and O–H groups in total. The van der Waals surface area contributed by atoms with Crippen molar-refractivity contribution in [1.82, 2.24) is 20.2 Å². The zero-order chi connectivity index (χ0) is 14.7. The second kappa shape index (κ2) is 6.01. The van der Waals surface area contributed by atoms with E-state index in [4.69, 9.17) is 0 Å². The van der Waals surface area contributed by atoms with Crippen LogP contribution in [0.2, 0.25) is 0 Å². The van der Waals surface area contributed by atoms with E-state index in [9.17, 15) is 4.79 Å². The second-order valence-corrected chi connectivity index (χ2v) is 5.28. The van der Waals surface area contributed by atoms with Crippen LogP contribution in [0.5, 0.6) is 0 Å². The molecule has 0 radical (unpaired) electrons. The third-order valence-corrected chi connectivity index (χ3v) is 3.73. The highest BCUT2D eigenvalue weighted by Crippen LogP contribution is 2.24. The Hall–Kier alpha value is -2.27. The first-order chi connectivity index (χ1) is 10.3. The minimum Gasteiger partial charge on any atom is -0.327 e. The van der Waals surface area contributed by atoms with Gasteiger partial charge < -0.3 is 10.2 Å². The monoisotopic (exact) mass is 282 g/mol. The highest BCUT2D eigenvalue weighted by atomic mass is 16.2. The number of hydrogen-bond donors (Lipinski definition) is 1. The predicted octanol–water partition coefficient (Wildman–Crippen LogP) is 1.65. The van der Waals surface area contributed by atoms with Crippen LogP contribution in [0.15, 0.2) is 48.9 Å². The smallest absolute Gasteiger partial charge is 0.274 e. The van der Waals surface area contributed by atoms with Crippen LogP contribution in [0.4, 0.5) is 0 Å². The molecule has 0 bridgehead atoms. The topological polar surface area (TPSA) is 58.1 Å². The van der Waals surface area contributed by atoms with Crippen molar-refractivity contribution in [2.45, 2.75) is 19.0 Å². The van der Waals surface area contributed by atoms with Gasteiger partial charge in [0.05, 0.1) is 12.2 Å². The van der Waals surface area contributed by atoms with Crippen LogP contribution < -0.4 is 5.32 Å². The molecular formula is C16H18N4O. The molecule has 1 aromatic carbocycles. The van der Waals surface area contributed by atoms with Gasteiger partial charge in [0.15, 0.2) is 0 Å². The van der Waals surface area contributed by atoms with Gasteiger partial charge in [-0.05, 0) is 12.5 Å². The van der Waals surface area contributed by atoms with Crippen molar-refractivity contribution in [2.75, 3.05) is 13.1 Å². The molecule has 5 nitrogen and oxygen atoms in total. The average molecular weight is 282 g/mol. The number of amides is 1. The number of nitrogens with one attached hydrogen (secondary N) is 1. The molecule has 108 valence electrons. The summed E-state index contributed by atoms with van der Waals surface area (Å²) in [6, 6.07) is 10.4. The lowest BCUT2D eigenvalue weighted by atomic mass is 10.0. The maximum absolute atomic E-state index is 12.7. The SMILES string of the molecule is CC1CN(C(=O)c2cnccn2)C(c2ccccc2)CN1. The first kappa shape index (κ1) is 13.7. The third kappa shape index (κ3) is 2.92. The van der Waals surface area contributed by atoms with Gasteiger partial charge in [-0.15, -0.1) is 0 Å². The highest BCUT2D eigenvalue weighted by molar-refractivity contribution is 5.92. The fraction of sp³-hybridized carbons (Fsp3) is 0.312. The molecule has 1 amide bonds. The summed E-state index contributed by atoms with van der Waals surface area (Å²) in [6.07, 6.45) is 4.65. The summed E-state index contributed by atoms with van der Waals surface area (Å²) < 4.78 is 0. The number of hydrogen-bond acceptors (Lipinski definition) is 4. The van der Waals surface area contributed by atoms with E-state index in [2.05, 4.69) is 34.3 Å². The minimum absolute atomic E-state index is 0.0249. The van der Waals surface area contributed by atoms with Gasteiger partial charge in [0, 0.05) is 31.5 Å². The van der Waals surface area contributed by atoms with Crippen molar-refractivity contribution in [1.29, 1.82) is 0 Å². The van der Waals surface area contributed by atoms with Gasteiger partial charge >= 0.3 is 0 Å². The lowest BCUT2D eigenvalue weighted by molar-refractivity contribution is 0.0585. The van der Waals surface area contributed by atoms with Gasteiger partial charge in [0.1, 0.15) is 5.69 Å². The van der Waals surface area contributed by atoms with Gasteiger partial charge in [-0.25, -0.2) is 4.98 Å². The Morgan fingerprint density at radius 3 is 2.81 bits per heavy atom. The Balaban J connectivity index is 1.90. The molecule has 5 heteroatoms. The molecule has 1 saturated heterocycles. The van der Waals surface area contributed by atoms with E-state index >= 15 is 0 Å². The molecule has 1 fully saturated rings. The van der Waals surface area contributed by atoms with Crippen molar-refractivity contribution in [3.63, 3.8) is 0 Å². The fourth-order valence-corrected chi connectivity index (χ4v) is 2.66. The normalized spacial score (nSPS) is 22.0. The van der Waals surface area contributed by atoms with Crippen molar-refractivity contribution in [2.24, 2.45) is 0 Å². The van der Waals surface area contributed by atoms with Crippen LogP contribution >= 0.6 is 0 Å². The minimum atomic E-state index is -0.0645. The average Bonchev–Trinajstić information content (AvgIpc) is 2.56. The molecule has 2 atom stereocenters. The number of benzene rings is 1. The molecule has 3 rings (SSSR count). The molecule has 0 saturated carbocycles. The summed E-state index contributed by atoms with van der Waals surface area (Å²) >= 11 is 0. The number of carbonyl (C=O) groups excluding carboxylic acids is 1. The lowest BCUT2D eigenvalue weighted by Gasteiger charge is -2.39. The molecule has 21 heavy (non-hydrogen) atoms.